The summed E-state index contributed by atoms with van der Waals surface area (Å²) in [4.78, 5) is 2.64. The first-order valence-corrected chi connectivity index (χ1v) is 8.58. The lowest BCUT2D eigenvalue weighted by molar-refractivity contribution is 0.0936. The van der Waals surface area contributed by atoms with Gasteiger partial charge in [-0.15, -0.1) is 0 Å². The van der Waals surface area contributed by atoms with Crippen molar-refractivity contribution in [2.45, 2.75) is 18.9 Å². The molecule has 120 valence electrons. The van der Waals surface area contributed by atoms with E-state index in [0.29, 0.717) is 6.10 Å². The summed E-state index contributed by atoms with van der Waals surface area (Å²) in [5.41, 5.74) is 0. The molecule has 0 bridgehead atoms. The van der Waals surface area contributed by atoms with Crippen molar-refractivity contribution < 1.29 is 9.47 Å². The monoisotopic (exact) mass is 302 g/mol. The summed E-state index contributed by atoms with van der Waals surface area (Å²) in [6.45, 7) is 6.15. The molecular weight excluding hydrogens is 276 g/mol. The second kappa shape index (κ2) is 6.09. The highest BCUT2D eigenvalue weighted by molar-refractivity contribution is 5.39. The molecule has 2 aliphatic heterocycles. The number of piperidine rings is 2. The number of likely N-dealkylation sites (tertiary alicyclic amines) is 1. The van der Waals surface area contributed by atoms with E-state index in [9.17, 15) is 0 Å². The van der Waals surface area contributed by atoms with Crippen LogP contribution >= 0.6 is 0 Å². The molecule has 4 rings (SSSR count). The van der Waals surface area contributed by atoms with E-state index in [0.717, 1.165) is 42.1 Å². The molecule has 4 heteroatoms. The standard InChI is InChI=1S/C18H26N2O2/c1-21-17-4-2-3-5-18(17)22-13-6-8-20(9-7-13)12-16-14-10-19-11-15(14)16/h2-5,13-16,19H,6-12H2,1H3/t14-,15+,16?. The topological polar surface area (TPSA) is 33.7 Å². The number of ether oxygens (including phenoxy) is 2. The van der Waals surface area contributed by atoms with Crippen LogP contribution in [0, 0.1) is 17.8 Å². The van der Waals surface area contributed by atoms with Crippen LogP contribution in [0.4, 0.5) is 0 Å². The van der Waals surface area contributed by atoms with E-state index in [1.54, 1.807) is 7.11 Å². The third kappa shape index (κ3) is 2.82. The number of hydrogen-bond donors (Lipinski definition) is 1. The van der Waals surface area contributed by atoms with Gasteiger partial charge in [-0.1, -0.05) is 12.1 Å². The lowest BCUT2D eigenvalue weighted by Gasteiger charge is -2.32. The van der Waals surface area contributed by atoms with Crippen LogP contribution in [0.3, 0.4) is 0 Å². The predicted molar refractivity (Wildman–Crippen MR) is 86.4 cm³/mol. The zero-order chi connectivity index (χ0) is 14.9. The maximum Gasteiger partial charge on any atom is 0.161 e. The van der Waals surface area contributed by atoms with E-state index in [2.05, 4.69) is 10.2 Å². The number of rotatable bonds is 5. The van der Waals surface area contributed by atoms with E-state index in [4.69, 9.17) is 9.47 Å². The average molecular weight is 302 g/mol. The Kier molecular flexibility index (Phi) is 3.97. The summed E-state index contributed by atoms with van der Waals surface area (Å²) >= 11 is 0. The zero-order valence-corrected chi connectivity index (χ0v) is 13.3. The summed E-state index contributed by atoms with van der Waals surface area (Å²) in [6, 6.07) is 7.95. The molecule has 0 aromatic heterocycles. The number of nitrogens with zero attached hydrogens (tertiary/aromatic N) is 1. The fraction of sp³-hybridized carbons (Fsp3) is 0.667. The van der Waals surface area contributed by atoms with E-state index >= 15 is 0 Å². The van der Waals surface area contributed by atoms with Crippen LogP contribution in [0.25, 0.3) is 0 Å². The average Bonchev–Trinajstić information content (AvgIpc) is 2.97. The first-order chi connectivity index (χ1) is 10.8. The highest BCUT2D eigenvalue weighted by Gasteiger charge is 2.52. The molecule has 22 heavy (non-hydrogen) atoms. The molecule has 3 atom stereocenters. The van der Waals surface area contributed by atoms with Gasteiger partial charge in [-0.05, 0) is 55.8 Å². The third-order valence-corrected chi connectivity index (χ3v) is 5.64. The van der Waals surface area contributed by atoms with E-state index < -0.39 is 0 Å². The van der Waals surface area contributed by atoms with Crippen molar-refractivity contribution in [1.82, 2.24) is 10.2 Å². The number of nitrogens with one attached hydrogen (secondary N) is 1. The molecule has 2 saturated heterocycles. The van der Waals surface area contributed by atoms with Gasteiger partial charge in [0.25, 0.3) is 0 Å². The molecular formula is C18H26N2O2. The number of fused-ring (bicyclic) bond motifs is 1. The molecule has 3 aliphatic rings. The molecule has 3 fully saturated rings. The van der Waals surface area contributed by atoms with Gasteiger partial charge < -0.3 is 19.7 Å². The normalized spacial score (nSPS) is 31.8. The Bertz CT molecular complexity index is 504. The van der Waals surface area contributed by atoms with Crippen LogP contribution in [0.1, 0.15) is 12.8 Å². The molecule has 1 saturated carbocycles. The lowest BCUT2D eigenvalue weighted by Crippen LogP contribution is -2.40. The predicted octanol–water partition coefficient (Wildman–Crippen LogP) is 2.00. The molecule has 0 spiro atoms. The summed E-state index contributed by atoms with van der Waals surface area (Å²) in [5, 5.41) is 3.48. The van der Waals surface area contributed by atoms with Crippen molar-refractivity contribution >= 4 is 0 Å². The van der Waals surface area contributed by atoms with Gasteiger partial charge in [0.2, 0.25) is 0 Å². The van der Waals surface area contributed by atoms with Gasteiger partial charge in [-0.25, -0.2) is 0 Å². The number of methoxy groups -OCH3 is 1. The maximum atomic E-state index is 6.16. The molecule has 0 radical (unpaired) electrons. The fourth-order valence-electron chi connectivity index (χ4n) is 4.22. The van der Waals surface area contributed by atoms with Gasteiger partial charge in [0.1, 0.15) is 6.10 Å². The molecule has 2 heterocycles. The Hall–Kier alpha value is -1.26. The smallest absolute Gasteiger partial charge is 0.161 e. The third-order valence-electron chi connectivity index (χ3n) is 5.64. The number of benzene rings is 1. The minimum atomic E-state index is 0.327. The van der Waals surface area contributed by atoms with Crippen molar-refractivity contribution in [3.63, 3.8) is 0 Å². The van der Waals surface area contributed by atoms with Crippen LogP contribution < -0.4 is 14.8 Å². The van der Waals surface area contributed by atoms with Crippen LogP contribution in [0.15, 0.2) is 24.3 Å². The molecule has 1 unspecified atom stereocenters. The molecule has 4 nitrogen and oxygen atoms in total. The Balaban J connectivity index is 1.25. The second-order valence-electron chi connectivity index (χ2n) is 6.92. The summed E-state index contributed by atoms with van der Waals surface area (Å²) < 4.78 is 11.5. The highest BCUT2D eigenvalue weighted by atomic mass is 16.5. The first-order valence-electron chi connectivity index (χ1n) is 8.58. The van der Waals surface area contributed by atoms with E-state index in [1.807, 2.05) is 24.3 Å². The van der Waals surface area contributed by atoms with Crippen molar-refractivity contribution in [3.05, 3.63) is 24.3 Å². The molecule has 1 N–H and O–H groups in total. The Labute approximate surface area is 132 Å². The van der Waals surface area contributed by atoms with Gasteiger partial charge >= 0.3 is 0 Å². The van der Waals surface area contributed by atoms with E-state index in [-0.39, 0.29) is 0 Å². The molecule has 1 aliphatic carbocycles. The largest absolute Gasteiger partial charge is 0.493 e. The maximum absolute atomic E-state index is 6.16. The molecule has 1 aromatic carbocycles. The van der Waals surface area contributed by atoms with Crippen molar-refractivity contribution in [1.29, 1.82) is 0 Å². The van der Waals surface area contributed by atoms with Crippen LogP contribution in [-0.2, 0) is 0 Å². The Morgan fingerprint density at radius 2 is 1.77 bits per heavy atom. The highest BCUT2D eigenvalue weighted by Crippen LogP contribution is 2.49. The second-order valence-corrected chi connectivity index (χ2v) is 6.92. The number of para-hydroxylation sites is 2. The van der Waals surface area contributed by atoms with E-state index in [1.165, 1.54) is 32.7 Å². The van der Waals surface area contributed by atoms with Gasteiger partial charge in [0, 0.05) is 19.6 Å². The van der Waals surface area contributed by atoms with Gasteiger partial charge in [0.15, 0.2) is 11.5 Å². The van der Waals surface area contributed by atoms with Crippen molar-refractivity contribution in [2.75, 3.05) is 39.8 Å². The lowest BCUT2D eigenvalue weighted by atomic mass is 10.1. The first kappa shape index (κ1) is 14.3. The minimum absolute atomic E-state index is 0.327. The Morgan fingerprint density at radius 1 is 1.09 bits per heavy atom. The van der Waals surface area contributed by atoms with Gasteiger partial charge in [-0.2, -0.15) is 0 Å². The SMILES string of the molecule is COc1ccccc1OC1CCN(CC2[C@H]3CNC[C@@H]23)CC1. The fourth-order valence-corrected chi connectivity index (χ4v) is 4.22. The van der Waals surface area contributed by atoms with Crippen LogP contribution in [0.2, 0.25) is 0 Å². The zero-order valence-electron chi connectivity index (χ0n) is 13.3. The molecule has 0 amide bonds. The van der Waals surface area contributed by atoms with Gasteiger partial charge in [0.05, 0.1) is 7.11 Å². The summed E-state index contributed by atoms with van der Waals surface area (Å²) in [6.07, 6.45) is 2.57. The summed E-state index contributed by atoms with van der Waals surface area (Å²) in [5.74, 6) is 4.63. The van der Waals surface area contributed by atoms with Crippen molar-refractivity contribution in [2.24, 2.45) is 17.8 Å². The summed E-state index contributed by atoms with van der Waals surface area (Å²) in [7, 11) is 1.70. The van der Waals surface area contributed by atoms with Crippen LogP contribution in [-0.4, -0.2) is 50.8 Å². The van der Waals surface area contributed by atoms with Crippen molar-refractivity contribution in [3.8, 4) is 11.5 Å². The Morgan fingerprint density at radius 3 is 2.45 bits per heavy atom. The molecule has 1 aromatic rings. The van der Waals surface area contributed by atoms with Gasteiger partial charge in [-0.3, -0.25) is 0 Å². The van der Waals surface area contributed by atoms with Crippen LogP contribution in [0.5, 0.6) is 11.5 Å². The minimum Gasteiger partial charge on any atom is -0.493 e. The quantitative estimate of drug-likeness (QED) is 0.902. The number of hydrogen-bond acceptors (Lipinski definition) is 4.